The molecule has 0 aliphatic rings. The first-order chi connectivity index (χ1) is 10.0. The summed E-state index contributed by atoms with van der Waals surface area (Å²) >= 11 is 4.97. The van der Waals surface area contributed by atoms with Crippen molar-refractivity contribution in [1.82, 2.24) is 10.6 Å². The van der Waals surface area contributed by atoms with E-state index in [-0.39, 0.29) is 5.91 Å². The summed E-state index contributed by atoms with van der Waals surface area (Å²) in [6.45, 7) is 0.848. The first kappa shape index (κ1) is 15.5. The van der Waals surface area contributed by atoms with Gasteiger partial charge in [0.1, 0.15) is 0 Å². The molecule has 0 spiro atoms. The molecule has 0 radical (unpaired) electrons. The van der Waals surface area contributed by atoms with Crippen molar-refractivity contribution in [1.29, 1.82) is 0 Å². The number of carbonyl (C=O) groups is 2. The molecule has 1 aromatic heterocycles. The van der Waals surface area contributed by atoms with Gasteiger partial charge in [-0.15, -0.1) is 11.3 Å². The van der Waals surface area contributed by atoms with E-state index in [9.17, 15) is 9.59 Å². The topological polar surface area (TPSA) is 84.2 Å². The van der Waals surface area contributed by atoms with Crippen LogP contribution in [0.3, 0.4) is 0 Å². The first-order valence-electron chi connectivity index (χ1n) is 6.19. The van der Waals surface area contributed by atoms with Crippen LogP contribution in [-0.2, 0) is 13.1 Å². The Morgan fingerprint density at radius 2 is 1.76 bits per heavy atom. The van der Waals surface area contributed by atoms with Gasteiger partial charge in [-0.2, -0.15) is 0 Å². The fourth-order valence-electron chi connectivity index (χ4n) is 1.68. The number of urea groups is 1. The number of rotatable bonds is 5. The van der Waals surface area contributed by atoms with Crippen molar-refractivity contribution in [2.75, 3.05) is 0 Å². The third-order valence-electron chi connectivity index (χ3n) is 2.73. The Morgan fingerprint density at radius 3 is 2.33 bits per heavy atom. The smallest absolute Gasteiger partial charge is 0.312 e. The Kier molecular flexibility index (Phi) is 5.35. The number of thiophene rings is 1. The maximum Gasteiger partial charge on any atom is 0.312 e. The number of amides is 3. The molecule has 21 heavy (non-hydrogen) atoms. The maximum absolute atomic E-state index is 12.0. The Labute approximate surface area is 134 Å². The van der Waals surface area contributed by atoms with Crippen LogP contribution >= 0.6 is 27.3 Å². The first-order valence-corrected chi connectivity index (χ1v) is 7.80. The molecular weight excluding hydrogens is 354 g/mol. The Morgan fingerprint density at radius 1 is 1.05 bits per heavy atom. The van der Waals surface area contributed by atoms with E-state index in [1.165, 1.54) is 0 Å². The number of nitrogens with two attached hydrogens (primary N) is 1. The van der Waals surface area contributed by atoms with Crippen molar-refractivity contribution in [3.63, 3.8) is 0 Å². The highest BCUT2D eigenvalue weighted by atomic mass is 79.9. The number of hydrogen-bond acceptors (Lipinski definition) is 3. The van der Waals surface area contributed by atoms with Gasteiger partial charge in [0.2, 0.25) is 0 Å². The zero-order valence-electron chi connectivity index (χ0n) is 11.1. The van der Waals surface area contributed by atoms with Crippen LogP contribution in [-0.4, -0.2) is 11.9 Å². The predicted octanol–water partition coefficient (Wildman–Crippen LogP) is 2.61. The van der Waals surface area contributed by atoms with Crippen molar-refractivity contribution in [3.8, 4) is 0 Å². The molecule has 4 N–H and O–H groups in total. The molecule has 110 valence electrons. The molecule has 3 amide bonds. The van der Waals surface area contributed by atoms with Gasteiger partial charge in [-0.25, -0.2) is 4.79 Å². The lowest BCUT2D eigenvalue weighted by Gasteiger charge is -2.06. The summed E-state index contributed by atoms with van der Waals surface area (Å²) in [5.74, 6) is -0.131. The molecule has 0 saturated carbocycles. The number of hydrogen-bond donors (Lipinski definition) is 3. The van der Waals surface area contributed by atoms with Crippen LogP contribution in [0.2, 0.25) is 0 Å². The summed E-state index contributed by atoms with van der Waals surface area (Å²) in [7, 11) is 0. The highest BCUT2D eigenvalue weighted by Gasteiger charge is 2.06. The molecule has 2 aromatic rings. The zero-order chi connectivity index (χ0) is 15.2. The normalized spacial score (nSPS) is 10.1. The molecule has 0 saturated heterocycles. The summed E-state index contributed by atoms with van der Waals surface area (Å²) in [4.78, 5) is 23.7. The van der Waals surface area contributed by atoms with Gasteiger partial charge in [0, 0.05) is 17.0 Å². The molecule has 1 aromatic carbocycles. The van der Waals surface area contributed by atoms with Crippen LogP contribution in [0.25, 0.3) is 0 Å². The van der Waals surface area contributed by atoms with E-state index in [2.05, 4.69) is 26.6 Å². The molecule has 0 unspecified atom stereocenters. The molecule has 1 heterocycles. The maximum atomic E-state index is 12.0. The van der Waals surface area contributed by atoms with Crippen LogP contribution in [0.1, 0.15) is 20.8 Å². The number of primary amides is 1. The molecule has 2 rings (SSSR count). The average Bonchev–Trinajstić information content (AvgIpc) is 2.89. The fraction of sp³-hybridized carbons (Fsp3) is 0.143. The minimum atomic E-state index is -0.570. The summed E-state index contributed by atoms with van der Waals surface area (Å²) < 4.78 is 1.04. The molecule has 0 atom stereocenters. The van der Waals surface area contributed by atoms with E-state index in [0.29, 0.717) is 18.7 Å². The minimum Gasteiger partial charge on any atom is -0.352 e. The second kappa shape index (κ2) is 7.24. The largest absolute Gasteiger partial charge is 0.352 e. The van der Waals surface area contributed by atoms with E-state index in [1.54, 1.807) is 35.6 Å². The molecule has 0 bridgehead atoms. The monoisotopic (exact) mass is 367 g/mol. The Bertz CT molecular complexity index is 640. The standard InChI is InChI=1S/C14H14BrN3O2S/c15-12-6-5-11(21-12)8-17-13(19)10-3-1-9(2-4-10)7-18-14(16)20/h1-6H,7-8H2,(H,17,19)(H3,16,18,20). The van der Waals surface area contributed by atoms with Gasteiger partial charge < -0.3 is 16.4 Å². The zero-order valence-corrected chi connectivity index (χ0v) is 13.5. The lowest BCUT2D eigenvalue weighted by Crippen LogP contribution is -2.28. The van der Waals surface area contributed by atoms with E-state index < -0.39 is 6.03 Å². The highest BCUT2D eigenvalue weighted by Crippen LogP contribution is 2.21. The second-order valence-electron chi connectivity index (χ2n) is 4.30. The van der Waals surface area contributed by atoms with E-state index >= 15 is 0 Å². The average molecular weight is 368 g/mol. The van der Waals surface area contributed by atoms with Gasteiger partial charge in [-0.05, 0) is 45.8 Å². The van der Waals surface area contributed by atoms with Crippen molar-refractivity contribution in [3.05, 3.63) is 56.2 Å². The second-order valence-corrected chi connectivity index (χ2v) is 6.85. The van der Waals surface area contributed by atoms with Crippen LogP contribution < -0.4 is 16.4 Å². The van der Waals surface area contributed by atoms with Gasteiger partial charge >= 0.3 is 6.03 Å². The highest BCUT2D eigenvalue weighted by molar-refractivity contribution is 9.11. The Balaban J connectivity index is 1.88. The van der Waals surface area contributed by atoms with E-state index in [1.807, 2.05) is 12.1 Å². The quantitative estimate of drug-likeness (QED) is 0.758. The number of halogens is 1. The summed E-state index contributed by atoms with van der Waals surface area (Å²) in [5.41, 5.74) is 6.46. The Hall–Kier alpha value is -1.86. The van der Waals surface area contributed by atoms with Crippen molar-refractivity contribution in [2.24, 2.45) is 5.73 Å². The van der Waals surface area contributed by atoms with Gasteiger partial charge in [0.15, 0.2) is 0 Å². The van der Waals surface area contributed by atoms with Gasteiger partial charge in [-0.3, -0.25) is 4.79 Å². The van der Waals surface area contributed by atoms with Crippen molar-refractivity contribution < 1.29 is 9.59 Å². The van der Waals surface area contributed by atoms with E-state index in [0.717, 1.165) is 14.2 Å². The summed E-state index contributed by atoms with van der Waals surface area (Å²) in [6.07, 6.45) is 0. The number of nitrogens with one attached hydrogen (secondary N) is 2. The molecule has 5 nitrogen and oxygen atoms in total. The lowest BCUT2D eigenvalue weighted by molar-refractivity contribution is 0.0951. The van der Waals surface area contributed by atoms with Crippen LogP contribution in [0.15, 0.2) is 40.2 Å². The van der Waals surface area contributed by atoms with Gasteiger partial charge in [0.25, 0.3) is 5.91 Å². The third-order valence-corrected chi connectivity index (χ3v) is 4.36. The predicted molar refractivity (Wildman–Crippen MR) is 86.1 cm³/mol. The fourth-order valence-corrected chi connectivity index (χ4v) is 3.10. The molecular formula is C14H14BrN3O2S. The molecule has 0 aliphatic heterocycles. The van der Waals surface area contributed by atoms with Crippen LogP contribution in [0.4, 0.5) is 4.79 Å². The number of benzene rings is 1. The van der Waals surface area contributed by atoms with Gasteiger partial charge in [-0.1, -0.05) is 12.1 Å². The molecule has 0 aliphatic carbocycles. The molecule has 0 fully saturated rings. The van der Waals surface area contributed by atoms with E-state index in [4.69, 9.17) is 5.73 Å². The van der Waals surface area contributed by atoms with Crippen molar-refractivity contribution >= 4 is 39.2 Å². The minimum absolute atomic E-state index is 0.131. The SMILES string of the molecule is NC(=O)NCc1ccc(C(=O)NCc2ccc(Br)s2)cc1. The summed E-state index contributed by atoms with van der Waals surface area (Å²) in [5, 5.41) is 5.35. The third kappa shape index (κ3) is 4.87. The van der Waals surface area contributed by atoms with Crippen LogP contribution in [0.5, 0.6) is 0 Å². The lowest BCUT2D eigenvalue weighted by atomic mass is 10.1. The van der Waals surface area contributed by atoms with Gasteiger partial charge in [0.05, 0.1) is 10.3 Å². The van der Waals surface area contributed by atoms with Crippen molar-refractivity contribution in [2.45, 2.75) is 13.1 Å². The summed E-state index contributed by atoms with van der Waals surface area (Å²) in [6, 6.07) is 10.4. The molecule has 7 heteroatoms. The van der Waals surface area contributed by atoms with Crippen LogP contribution in [0, 0.1) is 0 Å². The number of carbonyl (C=O) groups excluding carboxylic acids is 2.